The fraction of sp³-hybridized carbons (Fsp3) is 0.500. The zero-order valence-corrected chi connectivity index (χ0v) is 5.03. The molecule has 0 amide bonds. The van der Waals surface area contributed by atoms with E-state index in [4.69, 9.17) is 0 Å². The molecule has 0 bridgehead atoms. The maximum Gasteiger partial charge on any atom is 0.125 e. The molecule has 0 aromatic carbocycles. The summed E-state index contributed by atoms with van der Waals surface area (Å²) in [7, 11) is 0. The molecule has 0 unspecified atom stereocenters. The van der Waals surface area contributed by atoms with Crippen LogP contribution < -0.4 is 0 Å². The van der Waals surface area contributed by atoms with E-state index >= 15 is 0 Å². The molecular formula is C4H8O5. The van der Waals surface area contributed by atoms with Crippen molar-refractivity contribution in [1.29, 1.82) is 0 Å². The largest absolute Gasteiger partial charge is 0.315 e. The van der Waals surface area contributed by atoms with E-state index in [0.717, 1.165) is 6.26 Å². The molecule has 0 heterocycles. The van der Waals surface area contributed by atoms with Gasteiger partial charge in [-0.2, -0.15) is 0 Å². The van der Waals surface area contributed by atoms with Gasteiger partial charge in [-0.3, -0.25) is 0 Å². The van der Waals surface area contributed by atoms with Crippen LogP contribution in [-0.2, 0) is 24.9 Å². The van der Waals surface area contributed by atoms with Gasteiger partial charge in [-0.15, -0.1) is 0 Å². The van der Waals surface area contributed by atoms with E-state index < -0.39 is 0 Å². The Kier molecular flexibility index (Phi) is 6.87. The van der Waals surface area contributed by atoms with Crippen LogP contribution in [0.5, 0.6) is 0 Å². The quantitative estimate of drug-likeness (QED) is 0.235. The fourth-order valence-corrected chi connectivity index (χ4v) is 0.123. The summed E-state index contributed by atoms with van der Waals surface area (Å²) in [6.45, 7) is 5.23. The van der Waals surface area contributed by atoms with E-state index in [9.17, 15) is 0 Å². The molecule has 0 N–H and O–H groups in total. The average Bonchev–Trinajstić information content (AvgIpc) is 1.89. The third-order valence-corrected chi connectivity index (χ3v) is 0.329. The lowest BCUT2D eigenvalue weighted by Crippen LogP contribution is -1.96. The van der Waals surface area contributed by atoms with E-state index in [1.807, 2.05) is 0 Å². The Morgan fingerprint density at radius 3 is 2.67 bits per heavy atom. The first-order chi connectivity index (χ1) is 4.41. The lowest BCUT2D eigenvalue weighted by atomic mass is 10.9. The molecule has 54 valence electrons. The van der Waals surface area contributed by atoms with Crippen LogP contribution >= 0.6 is 0 Å². The van der Waals surface area contributed by atoms with Crippen LogP contribution in [0.15, 0.2) is 12.8 Å². The van der Waals surface area contributed by atoms with Crippen molar-refractivity contribution in [3.05, 3.63) is 12.8 Å². The topological polar surface area (TPSA) is 46.2 Å². The lowest BCUT2D eigenvalue weighted by molar-refractivity contribution is -0.700. The van der Waals surface area contributed by atoms with Crippen LogP contribution in [0.1, 0.15) is 6.92 Å². The van der Waals surface area contributed by atoms with Gasteiger partial charge >= 0.3 is 0 Å². The van der Waals surface area contributed by atoms with Gasteiger partial charge in [-0.25, -0.2) is 4.89 Å². The predicted octanol–water partition coefficient (Wildman–Crippen LogP) is 0.893. The molecule has 5 nitrogen and oxygen atoms in total. The summed E-state index contributed by atoms with van der Waals surface area (Å²) in [4.78, 5) is 8.24. The highest BCUT2D eigenvalue weighted by molar-refractivity contribution is 4.41. The van der Waals surface area contributed by atoms with E-state index in [-0.39, 0.29) is 0 Å². The Labute approximate surface area is 52.4 Å². The molecule has 0 saturated heterocycles. The number of hydrogen-bond donors (Lipinski definition) is 0. The Balaban J connectivity index is 2.66. The van der Waals surface area contributed by atoms with E-state index in [1.54, 1.807) is 6.92 Å². The molecule has 0 aliphatic heterocycles. The molecular weight excluding hydrogens is 128 g/mol. The van der Waals surface area contributed by atoms with Crippen molar-refractivity contribution in [3.8, 4) is 0 Å². The van der Waals surface area contributed by atoms with Crippen molar-refractivity contribution in [3.63, 3.8) is 0 Å². The Morgan fingerprint density at radius 2 is 2.11 bits per heavy atom. The molecule has 0 saturated carbocycles. The number of rotatable bonds is 6. The van der Waals surface area contributed by atoms with Crippen molar-refractivity contribution >= 4 is 0 Å². The summed E-state index contributed by atoms with van der Waals surface area (Å²) in [6.07, 6.45) is 1.02. The first kappa shape index (κ1) is 8.38. The molecule has 0 aliphatic carbocycles. The van der Waals surface area contributed by atoms with Gasteiger partial charge in [0.05, 0.1) is 6.61 Å². The standard InChI is InChI=1S/C4H8O5/c1-3-5-7-9-8-6-4-2/h3H,1,4H2,2H3. The van der Waals surface area contributed by atoms with E-state index in [2.05, 4.69) is 31.5 Å². The van der Waals surface area contributed by atoms with Gasteiger partial charge in [0, 0.05) is 10.1 Å². The maximum absolute atomic E-state index is 4.22. The third kappa shape index (κ3) is 7.38. The van der Waals surface area contributed by atoms with Crippen molar-refractivity contribution in [2.75, 3.05) is 6.61 Å². The molecule has 0 rings (SSSR count). The van der Waals surface area contributed by atoms with E-state index in [0.29, 0.717) is 6.61 Å². The van der Waals surface area contributed by atoms with Gasteiger partial charge in [0.1, 0.15) is 6.26 Å². The summed E-state index contributed by atoms with van der Waals surface area (Å²) in [6, 6.07) is 0. The van der Waals surface area contributed by atoms with Gasteiger partial charge < -0.3 is 4.89 Å². The highest BCUT2D eigenvalue weighted by Gasteiger charge is 1.84. The van der Waals surface area contributed by atoms with Crippen LogP contribution in [0.2, 0.25) is 0 Å². The van der Waals surface area contributed by atoms with E-state index in [1.165, 1.54) is 0 Å². The predicted molar refractivity (Wildman–Crippen MR) is 26.2 cm³/mol. The minimum Gasteiger partial charge on any atom is -0.315 e. The highest BCUT2D eigenvalue weighted by atomic mass is 17.8. The summed E-state index contributed by atoms with van der Waals surface area (Å²) in [5.74, 6) is 0. The van der Waals surface area contributed by atoms with Crippen LogP contribution in [0.4, 0.5) is 0 Å². The maximum atomic E-state index is 4.22. The molecule has 0 aromatic heterocycles. The minimum absolute atomic E-state index is 0.359. The molecule has 0 aromatic rings. The SMILES string of the molecule is C=COOOOOCC. The third-order valence-electron chi connectivity index (χ3n) is 0.329. The first-order valence-electron chi connectivity index (χ1n) is 2.31. The first-order valence-corrected chi connectivity index (χ1v) is 2.31. The molecule has 5 heteroatoms. The lowest BCUT2D eigenvalue weighted by Gasteiger charge is -1.95. The monoisotopic (exact) mass is 136 g/mol. The van der Waals surface area contributed by atoms with Crippen LogP contribution in [0.25, 0.3) is 0 Å². The van der Waals surface area contributed by atoms with Crippen LogP contribution in [-0.4, -0.2) is 6.61 Å². The molecule has 0 aliphatic rings. The summed E-state index contributed by atoms with van der Waals surface area (Å²) in [5.41, 5.74) is 0. The summed E-state index contributed by atoms with van der Waals surface area (Å²) < 4.78 is 0. The molecule has 9 heavy (non-hydrogen) atoms. The zero-order valence-electron chi connectivity index (χ0n) is 5.03. The van der Waals surface area contributed by atoms with Crippen molar-refractivity contribution < 1.29 is 24.9 Å². The second-order valence-corrected chi connectivity index (χ2v) is 0.874. The zero-order chi connectivity index (χ0) is 6.95. The summed E-state index contributed by atoms with van der Waals surface area (Å²) in [5, 5.41) is 11.5. The second kappa shape index (κ2) is 7.38. The Morgan fingerprint density at radius 1 is 1.33 bits per heavy atom. The van der Waals surface area contributed by atoms with Crippen molar-refractivity contribution in [2.45, 2.75) is 6.92 Å². The normalized spacial score (nSPS) is 9.00. The van der Waals surface area contributed by atoms with Gasteiger partial charge in [-0.05, 0) is 12.0 Å². The van der Waals surface area contributed by atoms with Gasteiger partial charge in [-0.1, -0.05) is 6.58 Å². The molecule has 0 atom stereocenters. The molecule has 0 radical (unpaired) electrons. The molecule has 0 spiro atoms. The van der Waals surface area contributed by atoms with Gasteiger partial charge in [0.2, 0.25) is 0 Å². The van der Waals surface area contributed by atoms with Crippen LogP contribution in [0.3, 0.4) is 0 Å². The minimum atomic E-state index is 0.359. The highest BCUT2D eigenvalue weighted by Crippen LogP contribution is 1.83. The summed E-state index contributed by atoms with van der Waals surface area (Å²) >= 11 is 0. The Bertz CT molecular complexity index is 64.0. The van der Waals surface area contributed by atoms with Crippen LogP contribution in [0, 0.1) is 0 Å². The smallest absolute Gasteiger partial charge is 0.125 e. The van der Waals surface area contributed by atoms with Crippen molar-refractivity contribution in [2.24, 2.45) is 0 Å². The Hall–Kier alpha value is -0.620. The average molecular weight is 136 g/mol. The molecule has 0 fully saturated rings. The number of hydrogen-bond acceptors (Lipinski definition) is 5. The van der Waals surface area contributed by atoms with Crippen molar-refractivity contribution in [1.82, 2.24) is 0 Å². The van der Waals surface area contributed by atoms with Gasteiger partial charge in [0.25, 0.3) is 0 Å². The fourth-order valence-electron chi connectivity index (χ4n) is 0.123. The van der Waals surface area contributed by atoms with Gasteiger partial charge in [0.15, 0.2) is 0 Å². The second-order valence-electron chi connectivity index (χ2n) is 0.874.